The van der Waals surface area contributed by atoms with E-state index in [1.165, 1.54) is 0 Å². The monoisotopic (exact) mass is 290 g/mol. The van der Waals surface area contributed by atoms with E-state index in [4.69, 9.17) is 21.1 Å². The van der Waals surface area contributed by atoms with Crippen molar-refractivity contribution in [1.82, 2.24) is 4.98 Å². The zero-order valence-electron chi connectivity index (χ0n) is 11.1. The fourth-order valence-electron chi connectivity index (χ4n) is 2.14. The van der Waals surface area contributed by atoms with Crippen molar-refractivity contribution < 1.29 is 9.47 Å². The van der Waals surface area contributed by atoms with Crippen molar-refractivity contribution in [2.45, 2.75) is 13.5 Å². The average molecular weight is 291 g/mol. The van der Waals surface area contributed by atoms with Crippen LogP contribution in [-0.2, 0) is 6.54 Å². The first-order chi connectivity index (χ1) is 9.74. The van der Waals surface area contributed by atoms with Crippen molar-refractivity contribution in [3.8, 4) is 11.5 Å². The highest BCUT2D eigenvalue weighted by molar-refractivity contribution is 6.31. The highest BCUT2D eigenvalue weighted by atomic mass is 35.5. The fraction of sp³-hybridized carbons (Fsp3) is 0.267. The average Bonchev–Trinajstić information content (AvgIpc) is 2.48. The summed E-state index contributed by atoms with van der Waals surface area (Å²) in [6.45, 7) is 3.77. The molecule has 1 aromatic carbocycles. The summed E-state index contributed by atoms with van der Waals surface area (Å²) in [5.74, 6) is 1.60. The van der Waals surface area contributed by atoms with Crippen LogP contribution in [0.2, 0.25) is 5.15 Å². The Morgan fingerprint density at radius 2 is 2.15 bits per heavy atom. The Morgan fingerprint density at radius 3 is 3.05 bits per heavy atom. The lowest BCUT2D eigenvalue weighted by molar-refractivity contribution is 0.170. The van der Waals surface area contributed by atoms with E-state index in [-0.39, 0.29) is 0 Å². The molecular weight excluding hydrogens is 276 g/mol. The number of hydrogen-bond donors (Lipinski definition) is 1. The number of para-hydroxylation sites is 1. The van der Waals surface area contributed by atoms with Crippen molar-refractivity contribution in [1.29, 1.82) is 0 Å². The van der Waals surface area contributed by atoms with Crippen LogP contribution in [0.15, 0.2) is 30.5 Å². The number of benzene rings is 1. The summed E-state index contributed by atoms with van der Waals surface area (Å²) in [7, 11) is 0. The Hall–Kier alpha value is -1.94. The van der Waals surface area contributed by atoms with Crippen LogP contribution in [0.25, 0.3) is 0 Å². The molecule has 0 amide bonds. The van der Waals surface area contributed by atoms with Crippen LogP contribution < -0.4 is 14.8 Å². The maximum Gasteiger partial charge on any atom is 0.166 e. The number of nitrogens with zero attached hydrogens (tertiary/aromatic N) is 1. The van der Waals surface area contributed by atoms with Crippen molar-refractivity contribution in [3.63, 3.8) is 0 Å². The van der Waals surface area contributed by atoms with Crippen molar-refractivity contribution in [2.75, 3.05) is 18.5 Å². The molecular formula is C15H15ClN2O2. The number of ether oxygens (including phenoxy) is 2. The van der Waals surface area contributed by atoms with Gasteiger partial charge in [0.2, 0.25) is 0 Å². The van der Waals surface area contributed by atoms with E-state index in [1.54, 1.807) is 6.20 Å². The molecule has 2 heterocycles. The molecule has 1 N–H and O–H groups in total. The second-order valence-corrected chi connectivity index (χ2v) is 5.00. The Labute approximate surface area is 122 Å². The van der Waals surface area contributed by atoms with Gasteiger partial charge in [0.15, 0.2) is 16.7 Å². The molecule has 104 valence electrons. The maximum atomic E-state index is 6.08. The summed E-state index contributed by atoms with van der Waals surface area (Å²) in [5.41, 5.74) is 2.92. The summed E-state index contributed by atoms with van der Waals surface area (Å²) in [6, 6.07) is 7.86. The first kappa shape index (κ1) is 13.1. The minimum Gasteiger partial charge on any atom is -0.486 e. The standard InChI is InChI=1S/C15H15ClN2O2/c1-10-7-12(15(16)18-8-10)17-9-11-3-2-4-13-14(11)20-6-5-19-13/h2-4,7-8,17H,5-6,9H2,1H3. The van der Waals surface area contributed by atoms with Crippen LogP contribution in [0, 0.1) is 6.92 Å². The third kappa shape index (κ3) is 2.65. The van der Waals surface area contributed by atoms with Gasteiger partial charge in [0.1, 0.15) is 13.2 Å². The van der Waals surface area contributed by atoms with Crippen LogP contribution in [0.5, 0.6) is 11.5 Å². The number of rotatable bonds is 3. The first-order valence-corrected chi connectivity index (χ1v) is 6.85. The van der Waals surface area contributed by atoms with E-state index < -0.39 is 0 Å². The summed E-state index contributed by atoms with van der Waals surface area (Å²) in [5, 5.41) is 3.76. The first-order valence-electron chi connectivity index (χ1n) is 6.47. The normalized spacial score (nSPS) is 13.1. The highest BCUT2D eigenvalue weighted by Crippen LogP contribution is 2.34. The van der Waals surface area contributed by atoms with Gasteiger partial charge in [-0.1, -0.05) is 23.7 Å². The number of halogens is 1. The Balaban J connectivity index is 1.80. The van der Waals surface area contributed by atoms with Gasteiger partial charge in [-0.3, -0.25) is 0 Å². The molecule has 2 aromatic rings. The smallest absolute Gasteiger partial charge is 0.166 e. The molecule has 0 bridgehead atoms. The van der Waals surface area contributed by atoms with E-state index in [2.05, 4.69) is 10.3 Å². The summed E-state index contributed by atoms with van der Waals surface area (Å²) in [4.78, 5) is 4.13. The number of anilines is 1. The second-order valence-electron chi connectivity index (χ2n) is 4.65. The van der Waals surface area contributed by atoms with E-state index in [9.17, 15) is 0 Å². The third-order valence-electron chi connectivity index (χ3n) is 3.09. The summed E-state index contributed by atoms with van der Waals surface area (Å²) < 4.78 is 11.3. The molecule has 20 heavy (non-hydrogen) atoms. The van der Waals surface area contributed by atoms with Gasteiger partial charge in [-0.15, -0.1) is 0 Å². The predicted molar refractivity (Wildman–Crippen MR) is 78.7 cm³/mol. The quantitative estimate of drug-likeness (QED) is 0.880. The SMILES string of the molecule is Cc1cnc(Cl)c(NCc2cccc3c2OCCO3)c1. The van der Waals surface area contributed by atoms with Gasteiger partial charge in [0, 0.05) is 18.3 Å². The van der Waals surface area contributed by atoms with E-state index in [1.807, 2.05) is 31.2 Å². The molecule has 0 radical (unpaired) electrons. The van der Waals surface area contributed by atoms with Gasteiger partial charge in [0.25, 0.3) is 0 Å². The summed E-state index contributed by atoms with van der Waals surface area (Å²) in [6.07, 6.45) is 1.74. The lowest BCUT2D eigenvalue weighted by atomic mass is 10.1. The van der Waals surface area contributed by atoms with Gasteiger partial charge in [-0.05, 0) is 24.6 Å². The summed E-state index contributed by atoms with van der Waals surface area (Å²) >= 11 is 6.08. The number of hydrogen-bond acceptors (Lipinski definition) is 4. The molecule has 1 aliphatic rings. The van der Waals surface area contributed by atoms with Gasteiger partial charge >= 0.3 is 0 Å². The molecule has 0 spiro atoms. The molecule has 0 saturated heterocycles. The molecule has 5 heteroatoms. The van der Waals surface area contributed by atoms with Gasteiger partial charge in [-0.25, -0.2) is 4.98 Å². The van der Waals surface area contributed by atoms with Gasteiger partial charge < -0.3 is 14.8 Å². The molecule has 4 nitrogen and oxygen atoms in total. The van der Waals surface area contributed by atoms with E-state index >= 15 is 0 Å². The Kier molecular flexibility index (Phi) is 3.65. The van der Waals surface area contributed by atoms with Crippen LogP contribution in [0.4, 0.5) is 5.69 Å². The molecule has 0 saturated carbocycles. The molecule has 1 aromatic heterocycles. The zero-order chi connectivity index (χ0) is 13.9. The van der Waals surface area contributed by atoms with Crippen molar-refractivity contribution in [3.05, 3.63) is 46.7 Å². The van der Waals surface area contributed by atoms with Crippen LogP contribution in [0.3, 0.4) is 0 Å². The molecule has 3 rings (SSSR count). The number of nitrogens with one attached hydrogen (secondary N) is 1. The van der Waals surface area contributed by atoms with Gasteiger partial charge in [-0.2, -0.15) is 0 Å². The molecule has 0 unspecified atom stereocenters. The van der Waals surface area contributed by atoms with Crippen LogP contribution in [-0.4, -0.2) is 18.2 Å². The largest absolute Gasteiger partial charge is 0.486 e. The topological polar surface area (TPSA) is 43.4 Å². The maximum absolute atomic E-state index is 6.08. The second kappa shape index (κ2) is 5.59. The van der Waals surface area contributed by atoms with E-state index in [0.717, 1.165) is 28.3 Å². The number of pyridine rings is 1. The van der Waals surface area contributed by atoms with E-state index in [0.29, 0.717) is 24.9 Å². The van der Waals surface area contributed by atoms with Crippen molar-refractivity contribution in [2.24, 2.45) is 0 Å². The minimum absolute atomic E-state index is 0.470. The van der Waals surface area contributed by atoms with Gasteiger partial charge in [0.05, 0.1) is 5.69 Å². The zero-order valence-corrected chi connectivity index (χ0v) is 11.9. The molecule has 1 aliphatic heterocycles. The third-order valence-corrected chi connectivity index (χ3v) is 3.39. The number of fused-ring (bicyclic) bond motifs is 1. The number of aromatic nitrogens is 1. The predicted octanol–water partition coefficient (Wildman–Crippen LogP) is 3.43. The molecule has 0 fully saturated rings. The minimum atomic E-state index is 0.470. The van der Waals surface area contributed by atoms with Crippen molar-refractivity contribution >= 4 is 17.3 Å². The lowest BCUT2D eigenvalue weighted by Gasteiger charge is -2.21. The number of aryl methyl sites for hydroxylation is 1. The Bertz CT molecular complexity index is 631. The Morgan fingerprint density at radius 1 is 1.30 bits per heavy atom. The lowest BCUT2D eigenvalue weighted by Crippen LogP contribution is -2.17. The molecule has 0 aliphatic carbocycles. The van der Waals surface area contributed by atoms with Crippen LogP contribution >= 0.6 is 11.6 Å². The highest BCUT2D eigenvalue weighted by Gasteiger charge is 2.15. The molecule has 0 atom stereocenters. The fourth-order valence-corrected chi connectivity index (χ4v) is 2.31. The van der Waals surface area contributed by atoms with Crippen LogP contribution in [0.1, 0.15) is 11.1 Å².